The molecule has 5 rings (SSSR count). The summed E-state index contributed by atoms with van der Waals surface area (Å²) in [5, 5.41) is 18.4. The van der Waals surface area contributed by atoms with Gasteiger partial charge in [-0.25, -0.2) is 0 Å². The number of ether oxygens (including phenoxy) is 2. The van der Waals surface area contributed by atoms with Crippen LogP contribution in [0.2, 0.25) is 0 Å². The number of nitrogens with one attached hydrogen (secondary N) is 2. The highest BCUT2D eigenvalue weighted by Gasteiger charge is 2.33. The third kappa shape index (κ3) is 4.81. The molecule has 0 unspecified atom stereocenters. The summed E-state index contributed by atoms with van der Waals surface area (Å²) in [4.78, 5) is 0.799. The van der Waals surface area contributed by atoms with Crippen molar-refractivity contribution >= 4 is 34.4 Å². The predicted octanol–water partition coefficient (Wildman–Crippen LogP) is 7.28. The highest BCUT2D eigenvalue weighted by molar-refractivity contribution is 7.11. The second-order valence-corrected chi connectivity index (χ2v) is 10.7. The van der Waals surface area contributed by atoms with E-state index in [0.717, 1.165) is 38.4 Å². The summed E-state index contributed by atoms with van der Waals surface area (Å²) in [5.41, 5.74) is 5.78. The van der Waals surface area contributed by atoms with Crippen LogP contribution in [0.5, 0.6) is 17.2 Å². The van der Waals surface area contributed by atoms with Gasteiger partial charge in [-0.1, -0.05) is 12.1 Å². The number of rotatable bonds is 5. The van der Waals surface area contributed by atoms with Gasteiger partial charge in [0.2, 0.25) is 0 Å². The standard InChI is InChI=1S/C28H27F3N2O3S/c1-15-12-27(2,3)33-18-6-5-17-24(23(15)18)21(36-20-8-7-19(34)26(35-4)25(17)20)11-22-16(9-10-37-22)13-32-14-28(29,30)31/h5-12,32-34H,13-14H2,1-4H3/b21-11-. The maximum atomic E-state index is 12.7. The summed E-state index contributed by atoms with van der Waals surface area (Å²) in [7, 11) is 1.50. The van der Waals surface area contributed by atoms with Crippen LogP contribution in [0, 0.1) is 0 Å². The quantitative estimate of drug-likeness (QED) is 0.325. The molecule has 0 radical (unpaired) electrons. The van der Waals surface area contributed by atoms with Crippen molar-refractivity contribution in [3.8, 4) is 28.4 Å². The van der Waals surface area contributed by atoms with Gasteiger partial charge < -0.3 is 25.2 Å². The van der Waals surface area contributed by atoms with Gasteiger partial charge in [-0.3, -0.25) is 0 Å². The average Bonchev–Trinajstić information content (AvgIpc) is 3.24. The van der Waals surface area contributed by atoms with E-state index in [4.69, 9.17) is 9.47 Å². The number of aromatic hydroxyl groups is 1. The van der Waals surface area contributed by atoms with Crippen molar-refractivity contribution in [2.45, 2.75) is 39.0 Å². The Labute approximate surface area is 217 Å². The molecule has 0 aliphatic carbocycles. The number of thiophene rings is 1. The van der Waals surface area contributed by atoms with Gasteiger partial charge in [0.1, 0.15) is 11.5 Å². The molecule has 2 aliphatic heterocycles. The Morgan fingerprint density at radius 2 is 1.92 bits per heavy atom. The van der Waals surface area contributed by atoms with Crippen LogP contribution in [0.15, 0.2) is 41.8 Å². The van der Waals surface area contributed by atoms with Gasteiger partial charge in [0.15, 0.2) is 11.5 Å². The highest BCUT2D eigenvalue weighted by Crippen LogP contribution is 2.54. The van der Waals surface area contributed by atoms with Crippen LogP contribution in [0.25, 0.3) is 28.5 Å². The van der Waals surface area contributed by atoms with Crippen molar-refractivity contribution in [1.82, 2.24) is 5.32 Å². The largest absolute Gasteiger partial charge is 0.504 e. The molecule has 3 heterocycles. The van der Waals surface area contributed by atoms with E-state index < -0.39 is 12.7 Å². The first-order valence-corrected chi connectivity index (χ1v) is 12.6. The number of phenolic OH excluding ortho intramolecular Hbond substituents is 1. The molecule has 0 amide bonds. The SMILES string of the molecule is COc1c(O)ccc2c1-c1ccc3c(c1/C(=C/c1sccc1CNCC(F)(F)F)O2)C(C)=CC(C)(C)N3. The second kappa shape index (κ2) is 9.15. The summed E-state index contributed by atoms with van der Waals surface area (Å²) in [6.45, 7) is 5.25. The van der Waals surface area contributed by atoms with Gasteiger partial charge in [0, 0.05) is 33.8 Å². The first kappa shape index (κ1) is 25.2. The highest BCUT2D eigenvalue weighted by atomic mass is 32.1. The number of benzene rings is 2. The molecule has 1 aromatic heterocycles. The van der Waals surface area contributed by atoms with E-state index in [9.17, 15) is 18.3 Å². The molecule has 0 saturated carbocycles. The third-order valence-corrected chi connectivity index (χ3v) is 7.26. The van der Waals surface area contributed by atoms with E-state index in [-0.39, 0.29) is 17.8 Å². The smallest absolute Gasteiger partial charge is 0.401 e. The Bertz CT molecular complexity index is 1440. The third-order valence-electron chi connectivity index (χ3n) is 6.36. The lowest BCUT2D eigenvalue weighted by Gasteiger charge is -2.35. The number of hydrogen-bond donors (Lipinski definition) is 3. The summed E-state index contributed by atoms with van der Waals surface area (Å²) in [5.74, 6) is 1.41. The van der Waals surface area contributed by atoms with Crippen molar-refractivity contribution in [2.75, 3.05) is 19.0 Å². The summed E-state index contributed by atoms with van der Waals surface area (Å²) < 4.78 is 50.0. The molecule has 37 heavy (non-hydrogen) atoms. The van der Waals surface area contributed by atoms with Crippen molar-refractivity contribution in [3.63, 3.8) is 0 Å². The first-order chi connectivity index (χ1) is 17.5. The van der Waals surface area contributed by atoms with Gasteiger partial charge in [-0.05, 0) is 67.6 Å². The Kier molecular flexibility index (Phi) is 6.24. The zero-order valence-electron chi connectivity index (χ0n) is 20.8. The number of halogens is 3. The number of anilines is 1. The molecular weight excluding hydrogens is 501 g/mol. The molecule has 0 saturated heterocycles. The fraction of sp³-hybridized carbons (Fsp3) is 0.286. The number of hydrogen-bond acceptors (Lipinski definition) is 6. The number of phenols is 1. The van der Waals surface area contributed by atoms with Crippen molar-refractivity contribution in [2.24, 2.45) is 0 Å². The molecule has 3 aromatic rings. The zero-order valence-corrected chi connectivity index (χ0v) is 21.7. The first-order valence-electron chi connectivity index (χ1n) is 11.8. The zero-order chi connectivity index (χ0) is 26.5. The molecule has 3 N–H and O–H groups in total. The van der Waals surface area contributed by atoms with E-state index >= 15 is 0 Å². The van der Waals surface area contributed by atoms with Gasteiger partial charge in [-0.2, -0.15) is 13.2 Å². The molecule has 0 atom stereocenters. The van der Waals surface area contributed by atoms with Crippen LogP contribution in [0.3, 0.4) is 0 Å². The molecule has 194 valence electrons. The molecule has 9 heteroatoms. The lowest BCUT2D eigenvalue weighted by Crippen LogP contribution is -2.32. The summed E-state index contributed by atoms with van der Waals surface area (Å²) in [6, 6.07) is 9.02. The summed E-state index contributed by atoms with van der Waals surface area (Å²) in [6.07, 6.45) is -0.248. The fourth-order valence-electron chi connectivity index (χ4n) is 5.03. The average molecular weight is 529 g/mol. The van der Waals surface area contributed by atoms with Crippen LogP contribution in [0.4, 0.5) is 18.9 Å². The van der Waals surface area contributed by atoms with Crippen LogP contribution in [0.1, 0.15) is 42.3 Å². The number of fused-ring (bicyclic) bond motifs is 5. The van der Waals surface area contributed by atoms with Gasteiger partial charge >= 0.3 is 6.18 Å². The summed E-state index contributed by atoms with van der Waals surface area (Å²) >= 11 is 1.43. The van der Waals surface area contributed by atoms with Gasteiger partial charge in [-0.15, -0.1) is 11.3 Å². The Morgan fingerprint density at radius 1 is 1.14 bits per heavy atom. The maximum absolute atomic E-state index is 12.7. The van der Waals surface area contributed by atoms with Crippen LogP contribution in [-0.4, -0.2) is 30.5 Å². The van der Waals surface area contributed by atoms with E-state index in [1.165, 1.54) is 24.5 Å². The normalized spacial score (nSPS) is 16.7. The monoisotopic (exact) mass is 528 g/mol. The Hall–Kier alpha value is -3.43. The predicted molar refractivity (Wildman–Crippen MR) is 142 cm³/mol. The Morgan fingerprint density at radius 3 is 2.65 bits per heavy atom. The van der Waals surface area contributed by atoms with E-state index in [1.54, 1.807) is 6.07 Å². The van der Waals surface area contributed by atoms with E-state index in [1.807, 2.05) is 36.6 Å². The maximum Gasteiger partial charge on any atom is 0.401 e. The van der Waals surface area contributed by atoms with E-state index in [0.29, 0.717) is 22.8 Å². The fourth-order valence-corrected chi connectivity index (χ4v) is 5.87. The number of alkyl halides is 3. The van der Waals surface area contributed by atoms with Gasteiger partial charge in [0.25, 0.3) is 0 Å². The van der Waals surface area contributed by atoms with Crippen LogP contribution in [-0.2, 0) is 6.54 Å². The molecule has 5 nitrogen and oxygen atoms in total. The molecule has 2 aliphatic rings. The molecule has 0 bridgehead atoms. The minimum atomic E-state index is -4.28. The molecule has 0 fully saturated rings. The van der Waals surface area contributed by atoms with Crippen molar-refractivity contribution in [3.05, 3.63) is 63.4 Å². The number of allylic oxidation sites excluding steroid dienone is 1. The minimum Gasteiger partial charge on any atom is -0.504 e. The van der Waals surface area contributed by atoms with Crippen LogP contribution >= 0.6 is 11.3 Å². The van der Waals surface area contributed by atoms with Crippen molar-refractivity contribution < 1.29 is 27.8 Å². The number of methoxy groups -OCH3 is 1. The minimum absolute atomic E-state index is 0.00348. The topological polar surface area (TPSA) is 62.8 Å². The van der Waals surface area contributed by atoms with E-state index in [2.05, 4.69) is 30.6 Å². The lowest BCUT2D eigenvalue weighted by atomic mass is 9.83. The Balaban J connectivity index is 1.68. The van der Waals surface area contributed by atoms with Crippen molar-refractivity contribution in [1.29, 1.82) is 0 Å². The second-order valence-electron chi connectivity index (χ2n) is 9.72. The molecule has 0 spiro atoms. The molecular formula is C28H27F3N2O3S. The van der Waals surface area contributed by atoms with Crippen LogP contribution < -0.4 is 20.1 Å². The lowest BCUT2D eigenvalue weighted by molar-refractivity contribution is -0.125. The van der Waals surface area contributed by atoms with Gasteiger partial charge in [0.05, 0.1) is 24.8 Å². The molecule has 2 aromatic carbocycles.